The molecule has 0 heterocycles. The van der Waals surface area contributed by atoms with Crippen molar-refractivity contribution in [3.63, 3.8) is 0 Å². The molecule has 3 N–H and O–H groups in total. The summed E-state index contributed by atoms with van der Waals surface area (Å²) >= 11 is 9.48. The fraction of sp³-hybridized carbons (Fsp3) is 0.250. The van der Waals surface area contributed by atoms with E-state index < -0.39 is 0 Å². The second-order valence-electron chi connectivity index (χ2n) is 5.02. The van der Waals surface area contributed by atoms with Crippen LogP contribution in [0.1, 0.15) is 28.3 Å². The molecule has 0 aliphatic carbocycles. The third-order valence-electron chi connectivity index (χ3n) is 3.56. The molecule has 2 nitrogen and oxygen atoms in total. The molecule has 0 saturated heterocycles. The summed E-state index contributed by atoms with van der Waals surface area (Å²) in [6.45, 7) is 4.25. The third kappa shape index (κ3) is 3.61. The van der Waals surface area contributed by atoms with E-state index in [4.69, 9.17) is 17.4 Å². The Bertz CT molecular complexity index is 613. The number of hydrazine groups is 1. The molecule has 0 aromatic heterocycles. The number of hydrogen-bond acceptors (Lipinski definition) is 2. The van der Waals surface area contributed by atoms with Crippen LogP contribution in [0.4, 0.5) is 0 Å². The van der Waals surface area contributed by atoms with Crippen LogP contribution in [0.25, 0.3) is 0 Å². The van der Waals surface area contributed by atoms with E-state index in [1.54, 1.807) is 0 Å². The zero-order valence-electron chi connectivity index (χ0n) is 11.6. The average Bonchev–Trinajstić information content (AvgIpc) is 2.43. The van der Waals surface area contributed by atoms with E-state index in [1.165, 1.54) is 16.7 Å². The summed E-state index contributed by atoms with van der Waals surface area (Å²) in [5.74, 6) is 5.71. The normalized spacial score (nSPS) is 12.4. The van der Waals surface area contributed by atoms with Gasteiger partial charge in [0.25, 0.3) is 0 Å². The first-order chi connectivity index (χ1) is 9.51. The van der Waals surface area contributed by atoms with Crippen molar-refractivity contribution >= 4 is 27.5 Å². The lowest BCUT2D eigenvalue weighted by molar-refractivity contribution is 0.551. The van der Waals surface area contributed by atoms with Crippen LogP contribution < -0.4 is 11.3 Å². The van der Waals surface area contributed by atoms with Gasteiger partial charge in [-0.25, -0.2) is 0 Å². The monoisotopic (exact) mass is 352 g/mol. The van der Waals surface area contributed by atoms with Gasteiger partial charge in [-0.05, 0) is 70.6 Å². The molecule has 1 atom stereocenters. The van der Waals surface area contributed by atoms with E-state index in [0.29, 0.717) is 5.02 Å². The van der Waals surface area contributed by atoms with Crippen molar-refractivity contribution in [1.82, 2.24) is 5.43 Å². The first-order valence-corrected chi connectivity index (χ1v) is 7.65. The molecule has 0 radical (unpaired) electrons. The molecule has 0 fully saturated rings. The van der Waals surface area contributed by atoms with Crippen LogP contribution in [0.2, 0.25) is 5.02 Å². The predicted molar refractivity (Wildman–Crippen MR) is 88.8 cm³/mol. The number of hydrogen-bond donors (Lipinski definition) is 2. The fourth-order valence-electron chi connectivity index (χ4n) is 2.17. The van der Waals surface area contributed by atoms with Crippen LogP contribution in [0.3, 0.4) is 0 Å². The number of rotatable bonds is 4. The third-order valence-corrected chi connectivity index (χ3v) is 4.77. The van der Waals surface area contributed by atoms with Gasteiger partial charge in [-0.2, -0.15) is 0 Å². The number of benzene rings is 2. The Kier molecular flexibility index (Phi) is 5.22. The van der Waals surface area contributed by atoms with Gasteiger partial charge in [0.1, 0.15) is 0 Å². The van der Waals surface area contributed by atoms with Crippen LogP contribution in [0, 0.1) is 13.8 Å². The first-order valence-electron chi connectivity index (χ1n) is 6.48. The fourth-order valence-corrected chi connectivity index (χ4v) is 2.68. The van der Waals surface area contributed by atoms with E-state index in [1.807, 2.05) is 18.2 Å². The summed E-state index contributed by atoms with van der Waals surface area (Å²) in [7, 11) is 0. The molecule has 4 heteroatoms. The van der Waals surface area contributed by atoms with Gasteiger partial charge in [0, 0.05) is 4.47 Å². The highest BCUT2D eigenvalue weighted by Crippen LogP contribution is 2.27. The zero-order chi connectivity index (χ0) is 14.7. The minimum absolute atomic E-state index is 0.0608. The summed E-state index contributed by atoms with van der Waals surface area (Å²) in [5.41, 5.74) is 7.87. The van der Waals surface area contributed by atoms with E-state index >= 15 is 0 Å². The predicted octanol–water partition coefficient (Wildman–Crippen LogP) is 4.47. The van der Waals surface area contributed by atoms with Crippen LogP contribution >= 0.6 is 27.5 Å². The van der Waals surface area contributed by atoms with Crippen molar-refractivity contribution in [2.24, 2.45) is 5.84 Å². The van der Waals surface area contributed by atoms with Crippen molar-refractivity contribution < 1.29 is 0 Å². The van der Waals surface area contributed by atoms with Crippen LogP contribution in [-0.4, -0.2) is 0 Å². The number of nitrogens with one attached hydrogen (secondary N) is 1. The maximum Gasteiger partial charge on any atom is 0.0548 e. The molecule has 0 spiro atoms. The van der Waals surface area contributed by atoms with Crippen molar-refractivity contribution in [3.8, 4) is 0 Å². The van der Waals surface area contributed by atoms with Crippen LogP contribution in [-0.2, 0) is 6.42 Å². The van der Waals surface area contributed by atoms with Crippen molar-refractivity contribution in [3.05, 3.63) is 68.1 Å². The Hall–Kier alpha value is -0.870. The van der Waals surface area contributed by atoms with Crippen LogP contribution in [0.15, 0.2) is 40.9 Å². The molecule has 0 saturated carbocycles. The Balaban J connectivity index is 2.23. The molecular weight excluding hydrogens is 336 g/mol. The van der Waals surface area contributed by atoms with Gasteiger partial charge in [0.2, 0.25) is 0 Å². The molecule has 2 rings (SSSR count). The summed E-state index contributed by atoms with van der Waals surface area (Å²) in [5, 5.41) is 0.704. The number of nitrogens with two attached hydrogens (primary N) is 1. The second kappa shape index (κ2) is 6.72. The SMILES string of the molecule is Cc1ccc(CC(NN)c2ccc(Cl)c(Br)c2)cc1C. The molecule has 0 amide bonds. The summed E-state index contributed by atoms with van der Waals surface area (Å²) in [6.07, 6.45) is 0.839. The highest BCUT2D eigenvalue weighted by Gasteiger charge is 2.12. The first kappa shape index (κ1) is 15.5. The summed E-state index contributed by atoms with van der Waals surface area (Å²) < 4.78 is 0.886. The second-order valence-corrected chi connectivity index (χ2v) is 6.28. The van der Waals surface area contributed by atoms with E-state index in [0.717, 1.165) is 16.5 Å². The van der Waals surface area contributed by atoms with Crippen molar-refractivity contribution in [2.45, 2.75) is 26.3 Å². The topological polar surface area (TPSA) is 38.0 Å². The van der Waals surface area contributed by atoms with Gasteiger partial charge in [-0.15, -0.1) is 0 Å². The molecule has 20 heavy (non-hydrogen) atoms. The Morgan fingerprint density at radius 2 is 1.90 bits per heavy atom. The summed E-state index contributed by atoms with van der Waals surface area (Å²) in [6, 6.07) is 12.5. The molecule has 0 aliphatic heterocycles. The van der Waals surface area contributed by atoms with Crippen molar-refractivity contribution in [1.29, 1.82) is 0 Å². The molecule has 106 valence electrons. The van der Waals surface area contributed by atoms with E-state index in [-0.39, 0.29) is 6.04 Å². The number of aryl methyl sites for hydroxylation is 2. The largest absolute Gasteiger partial charge is 0.271 e. The molecule has 1 unspecified atom stereocenters. The van der Waals surface area contributed by atoms with E-state index in [9.17, 15) is 0 Å². The van der Waals surface area contributed by atoms with E-state index in [2.05, 4.69) is 53.4 Å². The number of halogens is 2. The lowest BCUT2D eigenvalue weighted by atomic mass is 9.97. The Morgan fingerprint density at radius 3 is 2.50 bits per heavy atom. The standard InChI is InChI=1S/C16H18BrClN2/c1-10-3-4-12(7-11(10)2)8-16(20-19)13-5-6-15(18)14(17)9-13/h3-7,9,16,20H,8,19H2,1-2H3. The van der Waals surface area contributed by atoms with Gasteiger partial charge in [-0.1, -0.05) is 35.9 Å². The molecule has 0 bridgehead atoms. The van der Waals surface area contributed by atoms with Gasteiger partial charge in [0.15, 0.2) is 0 Å². The smallest absolute Gasteiger partial charge is 0.0548 e. The minimum Gasteiger partial charge on any atom is -0.271 e. The minimum atomic E-state index is 0.0608. The molecule has 2 aromatic carbocycles. The van der Waals surface area contributed by atoms with Gasteiger partial charge in [-0.3, -0.25) is 11.3 Å². The summed E-state index contributed by atoms with van der Waals surface area (Å²) in [4.78, 5) is 0. The molecule has 0 aliphatic rings. The Morgan fingerprint density at radius 1 is 1.15 bits per heavy atom. The Labute approximate surface area is 133 Å². The van der Waals surface area contributed by atoms with Gasteiger partial charge in [0.05, 0.1) is 11.1 Å². The molecule has 2 aromatic rings. The average molecular weight is 354 g/mol. The van der Waals surface area contributed by atoms with Gasteiger partial charge >= 0.3 is 0 Å². The molecular formula is C16H18BrClN2. The lowest BCUT2D eigenvalue weighted by Crippen LogP contribution is -2.29. The lowest BCUT2D eigenvalue weighted by Gasteiger charge is -2.18. The highest BCUT2D eigenvalue weighted by molar-refractivity contribution is 9.10. The quantitative estimate of drug-likeness (QED) is 0.629. The maximum absolute atomic E-state index is 6.03. The maximum atomic E-state index is 6.03. The van der Waals surface area contributed by atoms with Gasteiger partial charge < -0.3 is 0 Å². The van der Waals surface area contributed by atoms with Crippen molar-refractivity contribution in [2.75, 3.05) is 0 Å². The highest BCUT2D eigenvalue weighted by atomic mass is 79.9. The van der Waals surface area contributed by atoms with Crippen LogP contribution in [0.5, 0.6) is 0 Å². The zero-order valence-corrected chi connectivity index (χ0v) is 13.9.